The van der Waals surface area contributed by atoms with Gasteiger partial charge in [-0.25, -0.2) is 22.8 Å². The van der Waals surface area contributed by atoms with E-state index in [1.807, 2.05) is 44.2 Å². The Morgan fingerprint density at radius 3 is 2.58 bits per heavy atom. The molecule has 1 atom stereocenters. The first-order chi connectivity index (χ1) is 11.5. The summed E-state index contributed by atoms with van der Waals surface area (Å²) in [5, 5.41) is 4.14. The first-order valence-electron chi connectivity index (χ1n) is 7.59. The third-order valence-electron chi connectivity index (χ3n) is 3.65. The van der Waals surface area contributed by atoms with Crippen LogP contribution in [-0.4, -0.2) is 28.2 Å². The number of para-hydroxylation sites is 1. The highest BCUT2D eigenvalue weighted by molar-refractivity contribution is 7.89. The van der Waals surface area contributed by atoms with E-state index in [-0.39, 0.29) is 10.8 Å². The highest BCUT2D eigenvalue weighted by Crippen LogP contribution is 2.22. The van der Waals surface area contributed by atoms with Crippen LogP contribution in [0.3, 0.4) is 0 Å². The molecule has 3 rings (SSSR count). The van der Waals surface area contributed by atoms with E-state index in [2.05, 4.69) is 19.8 Å². The van der Waals surface area contributed by atoms with Crippen molar-refractivity contribution >= 4 is 10.0 Å². The average molecular weight is 345 g/mol. The van der Waals surface area contributed by atoms with Gasteiger partial charge in [-0.15, -0.1) is 0 Å². The number of H-pyrrole nitrogens is 1. The zero-order chi connectivity index (χ0) is 17.2. The van der Waals surface area contributed by atoms with Gasteiger partial charge < -0.3 is 4.98 Å². The van der Waals surface area contributed by atoms with Gasteiger partial charge in [-0.3, -0.25) is 0 Å². The summed E-state index contributed by atoms with van der Waals surface area (Å²) in [5.41, 5.74) is 0.797. The number of rotatable bonds is 6. The molecule has 0 radical (unpaired) electrons. The molecule has 126 valence electrons. The van der Waals surface area contributed by atoms with Crippen molar-refractivity contribution in [2.24, 2.45) is 5.92 Å². The second-order valence-electron chi connectivity index (χ2n) is 5.77. The largest absolute Gasteiger partial charge is 0.347 e. The summed E-state index contributed by atoms with van der Waals surface area (Å²) >= 11 is 0. The SMILES string of the molecule is CC(C)[C@H](NS(=O)(=O)c1cnn(-c2ccccc2)c1)c1ncc[nH]1. The summed E-state index contributed by atoms with van der Waals surface area (Å²) in [6.07, 6.45) is 6.12. The molecular weight excluding hydrogens is 326 g/mol. The van der Waals surface area contributed by atoms with Crippen LogP contribution < -0.4 is 4.72 Å². The van der Waals surface area contributed by atoms with E-state index in [0.29, 0.717) is 5.82 Å². The van der Waals surface area contributed by atoms with Gasteiger partial charge >= 0.3 is 0 Å². The predicted molar refractivity (Wildman–Crippen MR) is 90.1 cm³/mol. The topological polar surface area (TPSA) is 92.7 Å². The molecule has 2 N–H and O–H groups in total. The Hall–Kier alpha value is -2.45. The zero-order valence-corrected chi connectivity index (χ0v) is 14.2. The van der Waals surface area contributed by atoms with Crippen LogP contribution in [0, 0.1) is 5.92 Å². The van der Waals surface area contributed by atoms with Crippen LogP contribution in [0.4, 0.5) is 0 Å². The highest BCUT2D eigenvalue weighted by atomic mass is 32.2. The van der Waals surface area contributed by atoms with Gasteiger partial charge in [0.25, 0.3) is 0 Å². The fourth-order valence-electron chi connectivity index (χ4n) is 2.36. The van der Waals surface area contributed by atoms with Crippen molar-refractivity contribution in [1.82, 2.24) is 24.5 Å². The van der Waals surface area contributed by atoms with E-state index >= 15 is 0 Å². The van der Waals surface area contributed by atoms with Crippen LogP contribution in [0.25, 0.3) is 5.69 Å². The molecule has 0 saturated heterocycles. The van der Waals surface area contributed by atoms with E-state index in [4.69, 9.17) is 0 Å². The number of imidazole rings is 1. The first-order valence-corrected chi connectivity index (χ1v) is 9.07. The molecule has 8 heteroatoms. The lowest BCUT2D eigenvalue weighted by Gasteiger charge is -2.19. The molecule has 0 amide bonds. The summed E-state index contributed by atoms with van der Waals surface area (Å²) in [7, 11) is -3.71. The third kappa shape index (κ3) is 3.39. The molecule has 3 aromatic rings. The van der Waals surface area contributed by atoms with Crippen molar-refractivity contribution in [3.63, 3.8) is 0 Å². The standard InChI is InChI=1S/C16H19N5O2S/c1-12(2)15(16-17-8-9-18-16)20-24(22,23)14-10-19-21(11-14)13-6-4-3-5-7-13/h3-12,15,20H,1-2H3,(H,17,18)/t15-/m0/s1. The minimum absolute atomic E-state index is 0.0371. The number of aromatic nitrogens is 4. The number of hydrogen-bond donors (Lipinski definition) is 2. The second kappa shape index (κ2) is 6.58. The zero-order valence-electron chi connectivity index (χ0n) is 13.4. The highest BCUT2D eigenvalue weighted by Gasteiger charge is 2.26. The van der Waals surface area contributed by atoms with Gasteiger partial charge in [-0.05, 0) is 18.1 Å². The van der Waals surface area contributed by atoms with Crippen LogP contribution in [0.2, 0.25) is 0 Å². The van der Waals surface area contributed by atoms with Crippen LogP contribution in [0.1, 0.15) is 25.7 Å². The number of nitrogens with one attached hydrogen (secondary N) is 2. The molecule has 1 aromatic carbocycles. The third-order valence-corrected chi connectivity index (χ3v) is 5.05. The number of nitrogens with zero attached hydrogens (tertiary/aromatic N) is 3. The van der Waals surface area contributed by atoms with E-state index in [9.17, 15) is 8.42 Å². The Labute approximate surface area is 140 Å². The summed E-state index contributed by atoms with van der Waals surface area (Å²) in [6.45, 7) is 3.87. The Morgan fingerprint density at radius 2 is 1.96 bits per heavy atom. The normalized spacial score (nSPS) is 13.3. The molecule has 0 unspecified atom stereocenters. The van der Waals surface area contributed by atoms with Gasteiger partial charge in [-0.2, -0.15) is 5.10 Å². The molecular formula is C16H19N5O2S. The summed E-state index contributed by atoms with van der Waals surface area (Å²) in [4.78, 5) is 7.24. The van der Waals surface area contributed by atoms with Gasteiger partial charge in [0.1, 0.15) is 10.7 Å². The fraction of sp³-hybridized carbons (Fsp3) is 0.250. The smallest absolute Gasteiger partial charge is 0.244 e. The van der Waals surface area contributed by atoms with E-state index in [1.165, 1.54) is 17.1 Å². The quantitative estimate of drug-likeness (QED) is 0.717. The van der Waals surface area contributed by atoms with Crippen molar-refractivity contribution in [2.75, 3.05) is 0 Å². The van der Waals surface area contributed by atoms with E-state index < -0.39 is 16.1 Å². The number of benzene rings is 1. The van der Waals surface area contributed by atoms with Crippen molar-refractivity contribution in [1.29, 1.82) is 0 Å². The maximum absolute atomic E-state index is 12.7. The monoisotopic (exact) mass is 345 g/mol. The van der Waals surface area contributed by atoms with Crippen molar-refractivity contribution < 1.29 is 8.42 Å². The maximum Gasteiger partial charge on any atom is 0.244 e. The van der Waals surface area contributed by atoms with Gasteiger partial charge in [0.15, 0.2) is 0 Å². The van der Waals surface area contributed by atoms with Crippen LogP contribution >= 0.6 is 0 Å². The van der Waals surface area contributed by atoms with Crippen molar-refractivity contribution in [3.8, 4) is 5.69 Å². The lowest BCUT2D eigenvalue weighted by molar-refractivity contribution is 0.447. The minimum atomic E-state index is -3.71. The van der Waals surface area contributed by atoms with Crippen LogP contribution in [0.5, 0.6) is 0 Å². The average Bonchev–Trinajstić information content (AvgIpc) is 3.25. The van der Waals surface area contributed by atoms with E-state index in [1.54, 1.807) is 12.4 Å². The fourth-order valence-corrected chi connectivity index (χ4v) is 3.64. The lowest BCUT2D eigenvalue weighted by Crippen LogP contribution is -2.32. The molecule has 0 bridgehead atoms. The molecule has 0 fully saturated rings. The van der Waals surface area contributed by atoms with Gasteiger partial charge in [-0.1, -0.05) is 32.0 Å². The molecule has 0 aliphatic heterocycles. The maximum atomic E-state index is 12.7. The van der Waals surface area contributed by atoms with Gasteiger partial charge in [0, 0.05) is 12.4 Å². The minimum Gasteiger partial charge on any atom is -0.347 e. The molecule has 2 heterocycles. The molecule has 0 spiro atoms. The number of sulfonamides is 1. The van der Waals surface area contributed by atoms with Gasteiger partial charge in [0.05, 0.1) is 24.1 Å². The summed E-state index contributed by atoms with van der Waals surface area (Å²) in [6, 6.07) is 8.91. The Kier molecular flexibility index (Phi) is 4.50. The lowest BCUT2D eigenvalue weighted by atomic mass is 10.1. The van der Waals surface area contributed by atoms with Crippen molar-refractivity contribution in [2.45, 2.75) is 24.8 Å². The second-order valence-corrected chi connectivity index (χ2v) is 7.49. The van der Waals surface area contributed by atoms with Gasteiger partial charge in [0.2, 0.25) is 10.0 Å². The molecule has 0 aliphatic rings. The summed E-state index contributed by atoms with van der Waals surface area (Å²) < 4.78 is 29.6. The Bertz CT molecular complexity index is 886. The van der Waals surface area contributed by atoms with Crippen LogP contribution in [-0.2, 0) is 10.0 Å². The first kappa shape index (κ1) is 16.4. The Balaban J connectivity index is 1.87. The molecule has 0 aliphatic carbocycles. The van der Waals surface area contributed by atoms with Crippen molar-refractivity contribution in [3.05, 3.63) is 60.9 Å². The Morgan fingerprint density at radius 1 is 1.21 bits per heavy atom. The van der Waals surface area contributed by atoms with Crippen LogP contribution in [0.15, 0.2) is 60.0 Å². The molecule has 24 heavy (non-hydrogen) atoms. The molecule has 7 nitrogen and oxygen atoms in total. The predicted octanol–water partition coefficient (Wildman–Crippen LogP) is 2.27. The summed E-state index contributed by atoms with van der Waals surface area (Å²) in [5.74, 6) is 0.624. The molecule has 0 saturated carbocycles. The molecule has 2 aromatic heterocycles. The van der Waals surface area contributed by atoms with E-state index in [0.717, 1.165) is 5.69 Å². The number of aromatic amines is 1. The number of hydrogen-bond acceptors (Lipinski definition) is 4.